The highest BCUT2D eigenvalue weighted by atomic mass is 16.5. The zero-order valence-corrected chi connectivity index (χ0v) is 9.12. The SMILES string of the molecule is COC12CCC(COCC(=O)O)(CC1)C2. The molecule has 0 unspecified atom stereocenters. The lowest BCUT2D eigenvalue weighted by atomic mass is 9.85. The van der Waals surface area contributed by atoms with E-state index in [1.807, 2.05) is 0 Å². The summed E-state index contributed by atoms with van der Waals surface area (Å²) in [7, 11) is 1.78. The Balaban J connectivity index is 1.86. The van der Waals surface area contributed by atoms with E-state index < -0.39 is 5.97 Å². The zero-order chi connectivity index (χ0) is 10.9. The predicted molar refractivity (Wildman–Crippen MR) is 53.7 cm³/mol. The maximum absolute atomic E-state index is 10.3. The Kier molecular flexibility index (Phi) is 2.73. The van der Waals surface area contributed by atoms with Gasteiger partial charge in [0, 0.05) is 7.11 Å². The van der Waals surface area contributed by atoms with Gasteiger partial charge in [-0.1, -0.05) is 0 Å². The molecule has 0 saturated heterocycles. The number of fused-ring (bicyclic) bond motifs is 2. The van der Waals surface area contributed by atoms with E-state index in [-0.39, 0.29) is 17.6 Å². The van der Waals surface area contributed by atoms with Crippen LogP contribution in [0.5, 0.6) is 0 Å². The smallest absolute Gasteiger partial charge is 0.329 e. The summed E-state index contributed by atoms with van der Waals surface area (Å²) in [5.74, 6) is -0.889. The summed E-state index contributed by atoms with van der Waals surface area (Å²) >= 11 is 0. The van der Waals surface area contributed by atoms with Crippen LogP contribution in [0.4, 0.5) is 0 Å². The van der Waals surface area contributed by atoms with Crippen molar-refractivity contribution in [2.75, 3.05) is 20.3 Å². The summed E-state index contributed by atoms with van der Waals surface area (Å²) in [6.45, 7) is 0.395. The quantitative estimate of drug-likeness (QED) is 0.752. The molecule has 0 spiro atoms. The number of carbonyl (C=O) groups is 1. The van der Waals surface area contributed by atoms with Gasteiger partial charge in [-0.05, 0) is 37.5 Å². The molecule has 86 valence electrons. The third-order valence-corrected chi connectivity index (χ3v) is 3.99. The van der Waals surface area contributed by atoms with Crippen molar-refractivity contribution in [2.24, 2.45) is 5.41 Å². The molecule has 0 radical (unpaired) electrons. The Hall–Kier alpha value is -0.610. The number of aliphatic carboxylic acids is 1. The van der Waals surface area contributed by atoms with Crippen molar-refractivity contribution in [3.8, 4) is 0 Å². The van der Waals surface area contributed by atoms with Crippen LogP contribution < -0.4 is 0 Å². The molecule has 2 saturated carbocycles. The molecule has 2 bridgehead atoms. The normalized spacial score (nSPS) is 38.5. The molecule has 2 rings (SSSR count). The van der Waals surface area contributed by atoms with E-state index in [0.29, 0.717) is 6.61 Å². The van der Waals surface area contributed by atoms with Crippen molar-refractivity contribution in [2.45, 2.75) is 37.7 Å². The number of hydrogen-bond acceptors (Lipinski definition) is 3. The van der Waals surface area contributed by atoms with Crippen molar-refractivity contribution >= 4 is 5.97 Å². The van der Waals surface area contributed by atoms with E-state index in [4.69, 9.17) is 14.6 Å². The first-order valence-electron chi connectivity index (χ1n) is 5.45. The Morgan fingerprint density at radius 2 is 2.00 bits per heavy atom. The van der Waals surface area contributed by atoms with E-state index in [9.17, 15) is 4.79 Å². The molecule has 0 heterocycles. The third-order valence-electron chi connectivity index (χ3n) is 3.99. The molecule has 15 heavy (non-hydrogen) atoms. The largest absolute Gasteiger partial charge is 0.480 e. The van der Waals surface area contributed by atoms with Crippen LogP contribution in [0.1, 0.15) is 32.1 Å². The van der Waals surface area contributed by atoms with Crippen LogP contribution in [-0.2, 0) is 14.3 Å². The molecule has 2 aliphatic carbocycles. The highest BCUT2D eigenvalue weighted by Gasteiger charge is 2.54. The van der Waals surface area contributed by atoms with Crippen LogP contribution in [0.2, 0.25) is 0 Å². The second-order valence-electron chi connectivity index (χ2n) is 4.95. The maximum Gasteiger partial charge on any atom is 0.329 e. The molecule has 4 heteroatoms. The van der Waals surface area contributed by atoms with E-state index >= 15 is 0 Å². The van der Waals surface area contributed by atoms with Gasteiger partial charge in [-0.2, -0.15) is 0 Å². The van der Waals surface area contributed by atoms with Crippen molar-refractivity contribution in [3.63, 3.8) is 0 Å². The molecular weight excluding hydrogens is 196 g/mol. The van der Waals surface area contributed by atoms with E-state index in [2.05, 4.69) is 0 Å². The van der Waals surface area contributed by atoms with Crippen molar-refractivity contribution in [1.82, 2.24) is 0 Å². The number of carboxylic acids is 1. The van der Waals surface area contributed by atoms with Gasteiger partial charge in [0.25, 0.3) is 0 Å². The second kappa shape index (κ2) is 3.76. The molecular formula is C11H18O4. The molecule has 0 atom stereocenters. The van der Waals surface area contributed by atoms with Crippen LogP contribution >= 0.6 is 0 Å². The second-order valence-corrected chi connectivity index (χ2v) is 4.95. The lowest BCUT2D eigenvalue weighted by Crippen LogP contribution is -2.24. The molecule has 0 amide bonds. The zero-order valence-electron chi connectivity index (χ0n) is 9.12. The molecule has 4 nitrogen and oxygen atoms in total. The van der Waals surface area contributed by atoms with Gasteiger partial charge in [0.15, 0.2) is 0 Å². The third kappa shape index (κ3) is 2.01. The first kappa shape index (κ1) is 10.9. The van der Waals surface area contributed by atoms with Crippen LogP contribution in [0, 0.1) is 5.41 Å². The highest BCUT2D eigenvalue weighted by molar-refractivity contribution is 5.67. The Morgan fingerprint density at radius 1 is 1.33 bits per heavy atom. The summed E-state index contributed by atoms with van der Waals surface area (Å²) < 4.78 is 10.8. The van der Waals surface area contributed by atoms with Crippen LogP contribution in [-0.4, -0.2) is 37.0 Å². The van der Waals surface area contributed by atoms with Crippen molar-refractivity contribution in [3.05, 3.63) is 0 Å². The maximum atomic E-state index is 10.3. The van der Waals surface area contributed by atoms with Gasteiger partial charge in [0.05, 0.1) is 12.2 Å². The average molecular weight is 214 g/mol. The van der Waals surface area contributed by atoms with Gasteiger partial charge in [0.2, 0.25) is 0 Å². The molecule has 0 aromatic heterocycles. The van der Waals surface area contributed by atoms with Gasteiger partial charge in [-0.25, -0.2) is 4.79 Å². The minimum atomic E-state index is -0.889. The van der Waals surface area contributed by atoms with Gasteiger partial charge in [-0.3, -0.25) is 0 Å². The van der Waals surface area contributed by atoms with Crippen LogP contribution in [0.3, 0.4) is 0 Å². The number of carboxylic acid groups (broad SMARTS) is 1. The monoisotopic (exact) mass is 214 g/mol. The van der Waals surface area contributed by atoms with E-state index in [1.165, 1.54) is 0 Å². The molecule has 2 aliphatic rings. The minimum Gasteiger partial charge on any atom is -0.480 e. The van der Waals surface area contributed by atoms with Crippen molar-refractivity contribution < 1.29 is 19.4 Å². The first-order chi connectivity index (χ1) is 7.10. The van der Waals surface area contributed by atoms with Gasteiger partial charge < -0.3 is 14.6 Å². The lowest BCUT2D eigenvalue weighted by molar-refractivity contribution is -0.143. The van der Waals surface area contributed by atoms with Crippen molar-refractivity contribution in [1.29, 1.82) is 0 Å². The molecule has 0 aromatic rings. The average Bonchev–Trinajstić information content (AvgIpc) is 2.74. The Labute approximate surface area is 89.6 Å². The Bertz CT molecular complexity index is 253. The minimum absolute atomic E-state index is 0.0760. The van der Waals surface area contributed by atoms with E-state index in [1.54, 1.807) is 7.11 Å². The molecule has 1 N–H and O–H groups in total. The standard InChI is InChI=1S/C11H18O4/c1-14-11-4-2-10(7-11,3-5-11)8-15-6-9(12)13/h2-8H2,1H3,(H,12,13). The number of methoxy groups -OCH3 is 1. The summed E-state index contributed by atoms with van der Waals surface area (Å²) in [6.07, 6.45) is 5.46. The summed E-state index contributed by atoms with van der Waals surface area (Å²) in [5, 5.41) is 8.50. The van der Waals surface area contributed by atoms with Gasteiger partial charge in [0.1, 0.15) is 6.61 Å². The van der Waals surface area contributed by atoms with Crippen LogP contribution in [0.25, 0.3) is 0 Å². The summed E-state index contributed by atoms with van der Waals surface area (Å²) in [4.78, 5) is 10.3. The number of ether oxygens (including phenoxy) is 2. The Morgan fingerprint density at radius 3 is 2.47 bits per heavy atom. The number of rotatable bonds is 5. The number of hydrogen-bond donors (Lipinski definition) is 1. The molecule has 0 aliphatic heterocycles. The predicted octanol–water partition coefficient (Wildman–Crippen LogP) is 1.44. The molecule has 0 aromatic carbocycles. The van der Waals surface area contributed by atoms with Crippen LogP contribution in [0.15, 0.2) is 0 Å². The highest BCUT2D eigenvalue weighted by Crippen LogP contribution is 2.57. The molecule has 2 fully saturated rings. The van der Waals surface area contributed by atoms with Gasteiger partial charge >= 0.3 is 5.97 Å². The summed E-state index contributed by atoms with van der Waals surface area (Å²) in [6, 6.07) is 0. The lowest BCUT2D eigenvalue weighted by Gasteiger charge is -2.26. The summed E-state index contributed by atoms with van der Waals surface area (Å²) in [5.41, 5.74) is 0.276. The topological polar surface area (TPSA) is 55.8 Å². The van der Waals surface area contributed by atoms with E-state index in [0.717, 1.165) is 32.1 Å². The fourth-order valence-corrected chi connectivity index (χ4v) is 3.10. The first-order valence-corrected chi connectivity index (χ1v) is 5.45. The fraction of sp³-hybridized carbons (Fsp3) is 0.909. The fourth-order valence-electron chi connectivity index (χ4n) is 3.10. The van der Waals surface area contributed by atoms with Gasteiger partial charge in [-0.15, -0.1) is 0 Å².